The lowest BCUT2D eigenvalue weighted by Gasteiger charge is -2.53. The standard InChI is InChI=1S/C27H42O/c1-18(2)7-6-8-19(3)23-11-12-24-22-10-9-20-17-21(28)13-15-26(20,4)25(22)14-16-27(23,24)5/h12,18-20,23H,6-11,13-17H2,1-5H3/t19-,20+,23-,26+,27-/m1/s1. The highest BCUT2D eigenvalue weighted by Crippen LogP contribution is 2.63. The molecule has 0 aliphatic heterocycles. The van der Waals surface area contributed by atoms with Crippen molar-refractivity contribution in [1.82, 2.24) is 0 Å². The van der Waals surface area contributed by atoms with Gasteiger partial charge < -0.3 is 0 Å². The molecule has 156 valence electrons. The monoisotopic (exact) mass is 382 g/mol. The Hall–Kier alpha value is -0.850. The number of Topliss-reactive ketones (excluding diaryl/α,β-unsaturated/α-hetero) is 1. The molecule has 0 aromatic carbocycles. The summed E-state index contributed by atoms with van der Waals surface area (Å²) < 4.78 is 0. The quantitative estimate of drug-likeness (QED) is 0.477. The second-order valence-corrected chi connectivity index (χ2v) is 11.5. The molecule has 0 bridgehead atoms. The van der Waals surface area contributed by atoms with E-state index < -0.39 is 0 Å². The fourth-order valence-corrected chi connectivity index (χ4v) is 7.59. The van der Waals surface area contributed by atoms with E-state index in [1.54, 1.807) is 16.7 Å². The Bertz CT molecular complexity index is 695. The van der Waals surface area contributed by atoms with Gasteiger partial charge in [0.05, 0.1) is 0 Å². The van der Waals surface area contributed by atoms with Crippen molar-refractivity contribution in [3.05, 3.63) is 22.8 Å². The van der Waals surface area contributed by atoms with Gasteiger partial charge in [-0.2, -0.15) is 0 Å². The molecule has 0 unspecified atom stereocenters. The van der Waals surface area contributed by atoms with E-state index in [4.69, 9.17) is 0 Å². The Balaban J connectivity index is 1.55. The Kier molecular flexibility index (Phi) is 5.43. The fourth-order valence-electron chi connectivity index (χ4n) is 7.59. The third kappa shape index (κ3) is 3.25. The molecule has 0 spiro atoms. The van der Waals surface area contributed by atoms with Gasteiger partial charge >= 0.3 is 0 Å². The Morgan fingerprint density at radius 1 is 1.04 bits per heavy atom. The van der Waals surface area contributed by atoms with Crippen LogP contribution >= 0.6 is 0 Å². The molecule has 1 heteroatoms. The molecule has 0 aromatic rings. The number of carbonyl (C=O) groups is 1. The van der Waals surface area contributed by atoms with E-state index in [1.807, 2.05) is 0 Å². The van der Waals surface area contributed by atoms with Crippen LogP contribution in [0.1, 0.15) is 105 Å². The molecule has 0 N–H and O–H groups in total. The summed E-state index contributed by atoms with van der Waals surface area (Å²) in [4.78, 5) is 12.1. The van der Waals surface area contributed by atoms with E-state index in [1.165, 1.54) is 51.4 Å². The first kappa shape index (κ1) is 20.4. The normalized spacial score (nSPS) is 38.8. The number of hydrogen-bond acceptors (Lipinski definition) is 1. The lowest BCUT2D eigenvalue weighted by Crippen LogP contribution is -2.43. The summed E-state index contributed by atoms with van der Waals surface area (Å²) >= 11 is 0. The van der Waals surface area contributed by atoms with Gasteiger partial charge in [0.1, 0.15) is 5.78 Å². The number of rotatable bonds is 5. The molecule has 0 amide bonds. The summed E-state index contributed by atoms with van der Waals surface area (Å²) in [6, 6.07) is 0. The summed E-state index contributed by atoms with van der Waals surface area (Å²) in [7, 11) is 0. The van der Waals surface area contributed by atoms with E-state index in [2.05, 4.69) is 40.7 Å². The largest absolute Gasteiger partial charge is 0.300 e. The lowest BCUT2D eigenvalue weighted by molar-refractivity contribution is -0.124. The molecule has 0 saturated heterocycles. The van der Waals surface area contributed by atoms with Gasteiger partial charge in [0.2, 0.25) is 0 Å². The maximum Gasteiger partial charge on any atom is 0.133 e. The van der Waals surface area contributed by atoms with Crippen molar-refractivity contribution < 1.29 is 4.79 Å². The van der Waals surface area contributed by atoms with Gasteiger partial charge in [0.25, 0.3) is 0 Å². The van der Waals surface area contributed by atoms with Crippen LogP contribution < -0.4 is 0 Å². The minimum Gasteiger partial charge on any atom is -0.300 e. The van der Waals surface area contributed by atoms with Crippen LogP contribution in [0.15, 0.2) is 22.8 Å². The minimum absolute atomic E-state index is 0.310. The van der Waals surface area contributed by atoms with Crippen LogP contribution in [-0.2, 0) is 4.79 Å². The lowest BCUT2D eigenvalue weighted by atomic mass is 9.51. The smallest absolute Gasteiger partial charge is 0.133 e. The molecule has 1 saturated carbocycles. The highest BCUT2D eigenvalue weighted by Gasteiger charge is 2.52. The maximum atomic E-state index is 12.1. The summed E-state index contributed by atoms with van der Waals surface area (Å²) in [6.45, 7) is 12.3. The highest BCUT2D eigenvalue weighted by atomic mass is 16.1. The maximum absolute atomic E-state index is 12.1. The second kappa shape index (κ2) is 7.44. The van der Waals surface area contributed by atoms with Gasteiger partial charge in [0.15, 0.2) is 0 Å². The summed E-state index contributed by atoms with van der Waals surface area (Å²) in [5.74, 6) is 3.63. The van der Waals surface area contributed by atoms with Gasteiger partial charge in [0, 0.05) is 12.8 Å². The van der Waals surface area contributed by atoms with Crippen LogP contribution in [0.25, 0.3) is 0 Å². The molecule has 4 aliphatic carbocycles. The zero-order valence-electron chi connectivity index (χ0n) is 19.1. The van der Waals surface area contributed by atoms with E-state index in [-0.39, 0.29) is 0 Å². The van der Waals surface area contributed by atoms with E-state index in [9.17, 15) is 4.79 Å². The van der Waals surface area contributed by atoms with Crippen molar-refractivity contribution in [2.45, 2.75) is 105 Å². The third-order valence-electron chi connectivity index (χ3n) is 9.45. The molecule has 1 nitrogen and oxygen atoms in total. The first-order chi connectivity index (χ1) is 13.3. The zero-order chi connectivity index (χ0) is 20.1. The van der Waals surface area contributed by atoms with Gasteiger partial charge in [-0.15, -0.1) is 0 Å². The van der Waals surface area contributed by atoms with Crippen molar-refractivity contribution >= 4 is 5.78 Å². The average molecular weight is 383 g/mol. The number of hydrogen-bond donors (Lipinski definition) is 0. The molecule has 4 rings (SSSR count). The highest BCUT2D eigenvalue weighted by molar-refractivity contribution is 5.80. The van der Waals surface area contributed by atoms with E-state index in [0.29, 0.717) is 22.5 Å². The van der Waals surface area contributed by atoms with E-state index in [0.717, 1.165) is 37.0 Å². The first-order valence-electron chi connectivity index (χ1n) is 12.2. The summed E-state index contributed by atoms with van der Waals surface area (Å²) in [5.41, 5.74) is 5.98. The zero-order valence-corrected chi connectivity index (χ0v) is 19.1. The van der Waals surface area contributed by atoms with Crippen LogP contribution in [-0.4, -0.2) is 5.78 Å². The van der Waals surface area contributed by atoms with Gasteiger partial charge in [-0.25, -0.2) is 0 Å². The van der Waals surface area contributed by atoms with Crippen molar-refractivity contribution in [2.24, 2.45) is 34.5 Å². The molecule has 4 aliphatic rings. The van der Waals surface area contributed by atoms with Gasteiger partial charge in [-0.3, -0.25) is 4.79 Å². The Labute approximate surface area is 173 Å². The van der Waals surface area contributed by atoms with Crippen molar-refractivity contribution in [2.75, 3.05) is 0 Å². The minimum atomic E-state index is 0.310. The summed E-state index contributed by atoms with van der Waals surface area (Å²) in [6.07, 6.45) is 16.0. The topological polar surface area (TPSA) is 17.1 Å². The van der Waals surface area contributed by atoms with Crippen LogP contribution in [0, 0.1) is 34.5 Å². The molecular weight excluding hydrogens is 340 g/mol. The fraction of sp³-hybridized carbons (Fsp3) is 0.815. The summed E-state index contributed by atoms with van der Waals surface area (Å²) in [5, 5.41) is 0. The molecular formula is C27H42O. The number of fused-ring (bicyclic) bond motifs is 4. The van der Waals surface area contributed by atoms with Gasteiger partial charge in [-0.1, -0.05) is 65.5 Å². The van der Waals surface area contributed by atoms with Crippen LogP contribution in [0.4, 0.5) is 0 Å². The molecule has 28 heavy (non-hydrogen) atoms. The number of allylic oxidation sites excluding steroid dienone is 4. The predicted molar refractivity (Wildman–Crippen MR) is 118 cm³/mol. The molecule has 0 aromatic heterocycles. The molecule has 0 heterocycles. The number of carbonyl (C=O) groups excluding carboxylic acids is 1. The Morgan fingerprint density at radius 2 is 1.79 bits per heavy atom. The molecule has 5 atom stereocenters. The van der Waals surface area contributed by atoms with Gasteiger partial charge in [-0.05, 0) is 84.2 Å². The SMILES string of the molecule is CC(C)CCC[C@@H](C)[C@H]1CC=C2C3=C(CC[C@@]21C)[C@@]1(C)CCC(=O)C[C@@H]1CC3. The van der Waals surface area contributed by atoms with Crippen LogP contribution in [0.5, 0.6) is 0 Å². The van der Waals surface area contributed by atoms with Crippen molar-refractivity contribution in [1.29, 1.82) is 0 Å². The Morgan fingerprint density at radius 3 is 2.54 bits per heavy atom. The van der Waals surface area contributed by atoms with E-state index >= 15 is 0 Å². The predicted octanol–water partition coefficient (Wildman–Crippen LogP) is 7.66. The molecule has 0 radical (unpaired) electrons. The van der Waals surface area contributed by atoms with Crippen molar-refractivity contribution in [3.8, 4) is 0 Å². The molecule has 1 fully saturated rings. The number of ketones is 1. The van der Waals surface area contributed by atoms with Crippen molar-refractivity contribution in [3.63, 3.8) is 0 Å². The second-order valence-electron chi connectivity index (χ2n) is 11.5. The average Bonchev–Trinajstić information content (AvgIpc) is 2.99. The van der Waals surface area contributed by atoms with Crippen LogP contribution in [0.2, 0.25) is 0 Å². The third-order valence-corrected chi connectivity index (χ3v) is 9.45. The first-order valence-corrected chi connectivity index (χ1v) is 12.2. The van der Waals surface area contributed by atoms with Crippen LogP contribution in [0.3, 0.4) is 0 Å².